The Bertz CT molecular complexity index is 945. The predicted molar refractivity (Wildman–Crippen MR) is 106 cm³/mol. The zero-order valence-electron chi connectivity index (χ0n) is 14.2. The van der Waals surface area contributed by atoms with Crippen molar-refractivity contribution in [1.82, 2.24) is 14.9 Å². The zero-order chi connectivity index (χ0) is 17.9. The van der Waals surface area contributed by atoms with Gasteiger partial charge in [0, 0.05) is 36.0 Å². The molecule has 0 spiro atoms. The molecule has 3 aromatic rings. The Morgan fingerprint density at radius 1 is 1.00 bits per heavy atom. The Morgan fingerprint density at radius 3 is 2.50 bits per heavy atom. The molecule has 1 atom stereocenters. The summed E-state index contributed by atoms with van der Waals surface area (Å²) in [4.78, 5) is 13.4. The molecule has 1 saturated heterocycles. The van der Waals surface area contributed by atoms with Gasteiger partial charge in [-0.05, 0) is 23.8 Å². The molecule has 5 nitrogen and oxygen atoms in total. The highest BCUT2D eigenvalue weighted by Gasteiger charge is 2.26. The first-order chi connectivity index (χ1) is 12.8. The van der Waals surface area contributed by atoms with E-state index in [1.54, 1.807) is 6.33 Å². The van der Waals surface area contributed by atoms with Crippen LogP contribution in [0.5, 0.6) is 0 Å². The van der Waals surface area contributed by atoms with Gasteiger partial charge in [-0.1, -0.05) is 46.3 Å². The summed E-state index contributed by atoms with van der Waals surface area (Å²) >= 11 is 3.54. The van der Waals surface area contributed by atoms with Gasteiger partial charge in [0.05, 0.1) is 11.6 Å². The van der Waals surface area contributed by atoms with Crippen LogP contribution >= 0.6 is 15.9 Å². The molecule has 0 radical (unpaired) electrons. The second-order valence-corrected chi connectivity index (χ2v) is 7.24. The van der Waals surface area contributed by atoms with Crippen LogP contribution in [0, 0.1) is 11.3 Å². The third kappa shape index (κ3) is 3.28. The molecule has 0 bridgehead atoms. The number of aromatic nitrogens is 2. The summed E-state index contributed by atoms with van der Waals surface area (Å²) in [5.74, 6) is 0.962. The third-order valence-corrected chi connectivity index (χ3v) is 5.29. The smallest absolute Gasteiger partial charge is 0.140 e. The fraction of sp³-hybridized carbons (Fsp3) is 0.250. The van der Waals surface area contributed by atoms with Gasteiger partial charge in [-0.25, -0.2) is 9.97 Å². The average Bonchev–Trinajstić information content (AvgIpc) is 2.69. The van der Waals surface area contributed by atoms with Crippen molar-refractivity contribution in [1.29, 1.82) is 5.26 Å². The fourth-order valence-corrected chi connectivity index (χ4v) is 3.82. The molecular weight excluding hydrogens is 390 g/mol. The molecule has 1 aliphatic heterocycles. The number of hydrogen-bond acceptors (Lipinski definition) is 5. The number of anilines is 1. The minimum Gasteiger partial charge on any atom is -0.353 e. The largest absolute Gasteiger partial charge is 0.353 e. The molecule has 2 aromatic carbocycles. The number of fused-ring (bicyclic) bond motifs is 1. The maximum atomic E-state index is 9.66. The van der Waals surface area contributed by atoms with Crippen molar-refractivity contribution >= 4 is 32.7 Å². The minimum absolute atomic E-state index is 0.199. The Hall–Kier alpha value is -2.49. The number of nitrogens with zero attached hydrogens (tertiary/aromatic N) is 5. The molecule has 1 aliphatic rings. The van der Waals surface area contributed by atoms with Gasteiger partial charge in [0.25, 0.3) is 0 Å². The Kier molecular flexibility index (Phi) is 4.83. The number of piperazine rings is 1. The van der Waals surface area contributed by atoms with Crippen LogP contribution in [-0.4, -0.2) is 41.0 Å². The van der Waals surface area contributed by atoms with Gasteiger partial charge >= 0.3 is 0 Å². The first-order valence-corrected chi connectivity index (χ1v) is 9.39. The van der Waals surface area contributed by atoms with Crippen LogP contribution in [0.1, 0.15) is 11.6 Å². The number of halogens is 1. The van der Waals surface area contributed by atoms with Crippen LogP contribution in [0.2, 0.25) is 0 Å². The highest BCUT2D eigenvalue weighted by molar-refractivity contribution is 9.10. The van der Waals surface area contributed by atoms with Gasteiger partial charge < -0.3 is 4.90 Å². The summed E-state index contributed by atoms with van der Waals surface area (Å²) < 4.78 is 1.02. The maximum absolute atomic E-state index is 9.66. The van der Waals surface area contributed by atoms with Crippen LogP contribution < -0.4 is 4.90 Å². The van der Waals surface area contributed by atoms with E-state index in [-0.39, 0.29) is 6.04 Å². The van der Waals surface area contributed by atoms with Crippen molar-refractivity contribution in [2.45, 2.75) is 6.04 Å². The van der Waals surface area contributed by atoms with E-state index in [4.69, 9.17) is 0 Å². The second kappa shape index (κ2) is 7.40. The van der Waals surface area contributed by atoms with Gasteiger partial charge in [-0.2, -0.15) is 5.26 Å². The molecule has 4 rings (SSSR count). The van der Waals surface area contributed by atoms with Crippen LogP contribution in [0.15, 0.2) is 59.3 Å². The minimum atomic E-state index is -0.199. The summed E-state index contributed by atoms with van der Waals surface area (Å²) in [5.41, 5.74) is 2.00. The van der Waals surface area contributed by atoms with Crippen LogP contribution in [-0.2, 0) is 0 Å². The average molecular weight is 408 g/mol. The Morgan fingerprint density at radius 2 is 1.77 bits per heavy atom. The number of benzene rings is 2. The first kappa shape index (κ1) is 17.0. The van der Waals surface area contributed by atoms with Gasteiger partial charge in [0.2, 0.25) is 0 Å². The fourth-order valence-electron chi connectivity index (χ4n) is 3.46. The van der Waals surface area contributed by atoms with Crippen LogP contribution in [0.4, 0.5) is 5.82 Å². The monoisotopic (exact) mass is 407 g/mol. The lowest BCUT2D eigenvalue weighted by atomic mass is 10.1. The normalized spacial score (nSPS) is 16.4. The molecule has 26 heavy (non-hydrogen) atoms. The molecule has 1 fully saturated rings. The lowest BCUT2D eigenvalue weighted by Crippen LogP contribution is -2.47. The van der Waals surface area contributed by atoms with Crippen molar-refractivity contribution in [3.05, 3.63) is 64.9 Å². The van der Waals surface area contributed by atoms with Crippen molar-refractivity contribution < 1.29 is 0 Å². The molecule has 0 amide bonds. The van der Waals surface area contributed by atoms with Crippen molar-refractivity contribution in [2.24, 2.45) is 0 Å². The van der Waals surface area contributed by atoms with E-state index in [0.717, 1.165) is 52.9 Å². The first-order valence-electron chi connectivity index (χ1n) is 8.60. The van der Waals surface area contributed by atoms with Gasteiger partial charge in [-0.15, -0.1) is 0 Å². The van der Waals surface area contributed by atoms with E-state index in [0.29, 0.717) is 0 Å². The van der Waals surface area contributed by atoms with Crippen LogP contribution in [0.3, 0.4) is 0 Å². The molecule has 0 saturated carbocycles. The summed E-state index contributed by atoms with van der Waals surface area (Å²) in [7, 11) is 0. The quantitative estimate of drug-likeness (QED) is 0.660. The van der Waals surface area contributed by atoms with Crippen molar-refractivity contribution in [3.63, 3.8) is 0 Å². The molecule has 1 aromatic heterocycles. The molecule has 2 heterocycles. The van der Waals surface area contributed by atoms with Crippen molar-refractivity contribution in [3.8, 4) is 6.07 Å². The van der Waals surface area contributed by atoms with Crippen LogP contribution in [0.25, 0.3) is 10.9 Å². The van der Waals surface area contributed by atoms with E-state index in [1.165, 1.54) is 0 Å². The Balaban J connectivity index is 1.54. The topological polar surface area (TPSA) is 56.1 Å². The van der Waals surface area contributed by atoms with E-state index >= 15 is 0 Å². The molecule has 130 valence electrons. The van der Waals surface area contributed by atoms with E-state index in [1.807, 2.05) is 42.5 Å². The van der Waals surface area contributed by atoms with E-state index < -0.39 is 0 Å². The number of nitriles is 1. The number of hydrogen-bond donors (Lipinski definition) is 0. The summed E-state index contributed by atoms with van der Waals surface area (Å²) in [5, 5.41) is 10.7. The molecular formula is C20H18BrN5. The van der Waals surface area contributed by atoms with Gasteiger partial charge in [0.1, 0.15) is 18.2 Å². The summed E-state index contributed by atoms with van der Waals surface area (Å²) in [6.45, 7) is 3.33. The highest BCUT2D eigenvalue weighted by Crippen LogP contribution is 2.28. The van der Waals surface area contributed by atoms with Crippen molar-refractivity contribution in [2.75, 3.05) is 31.1 Å². The molecule has 0 N–H and O–H groups in total. The second-order valence-electron chi connectivity index (χ2n) is 6.32. The zero-order valence-corrected chi connectivity index (χ0v) is 15.8. The lowest BCUT2D eigenvalue weighted by Gasteiger charge is -2.37. The maximum Gasteiger partial charge on any atom is 0.140 e. The third-order valence-electron chi connectivity index (χ3n) is 4.79. The predicted octanol–water partition coefficient (Wildman–Crippen LogP) is 3.78. The standard InChI is InChI=1S/C20H18BrN5/c21-16-6-7-18-17(12-16)20(24-14-23-18)26-10-8-25(9-11-26)19(13-22)15-4-2-1-3-5-15/h1-7,12,14,19H,8-11H2. The molecule has 6 heteroatoms. The van der Waals surface area contributed by atoms with E-state index in [2.05, 4.69) is 47.8 Å². The Labute approximate surface area is 161 Å². The molecule has 0 aliphatic carbocycles. The highest BCUT2D eigenvalue weighted by atomic mass is 79.9. The van der Waals surface area contributed by atoms with Gasteiger partial charge in [-0.3, -0.25) is 4.90 Å². The summed E-state index contributed by atoms with van der Waals surface area (Å²) in [6, 6.07) is 18.3. The SMILES string of the molecule is N#CC(c1ccccc1)N1CCN(c2ncnc3ccc(Br)cc23)CC1. The number of rotatable bonds is 3. The lowest BCUT2D eigenvalue weighted by molar-refractivity contribution is 0.222. The van der Waals surface area contributed by atoms with E-state index in [9.17, 15) is 5.26 Å². The van der Waals surface area contributed by atoms with Gasteiger partial charge in [0.15, 0.2) is 0 Å². The summed E-state index contributed by atoms with van der Waals surface area (Å²) in [6.07, 6.45) is 1.62. The molecule has 1 unspecified atom stereocenters.